The summed E-state index contributed by atoms with van der Waals surface area (Å²) in [5, 5.41) is 0.488. The number of hydrogen-bond donors (Lipinski definition) is 0. The van der Waals surface area contributed by atoms with E-state index in [0.717, 1.165) is 35.9 Å². The second kappa shape index (κ2) is 12.0. The minimum Gasteiger partial charge on any atom is -0.495 e. The van der Waals surface area contributed by atoms with Crippen LogP contribution in [-0.4, -0.2) is 50.4 Å². The van der Waals surface area contributed by atoms with Gasteiger partial charge < -0.3 is 9.47 Å². The Morgan fingerprint density at radius 3 is 2.38 bits per heavy atom. The number of carbonyl (C=O) groups excluding carboxylic acids is 1. The first-order valence-corrected chi connectivity index (χ1v) is 15.6. The third-order valence-corrected chi connectivity index (χ3v) is 10.4. The molecule has 5 rings (SSSR count). The van der Waals surface area contributed by atoms with E-state index in [1.165, 1.54) is 23.5 Å². The molecule has 0 spiro atoms. The molecule has 1 aliphatic heterocycles. The molecule has 210 valence electrons. The van der Waals surface area contributed by atoms with Crippen LogP contribution in [0.2, 0.25) is 0 Å². The maximum absolute atomic E-state index is 14.0. The molecule has 0 radical (unpaired) electrons. The van der Waals surface area contributed by atoms with Gasteiger partial charge in [-0.25, -0.2) is 13.4 Å². The molecule has 0 bridgehead atoms. The van der Waals surface area contributed by atoms with Crippen LogP contribution >= 0.6 is 11.3 Å². The average molecular weight is 580 g/mol. The van der Waals surface area contributed by atoms with E-state index < -0.39 is 10.0 Å². The Balaban J connectivity index is 1.51. The Labute approximate surface area is 239 Å². The summed E-state index contributed by atoms with van der Waals surface area (Å²) in [6, 6.07) is 19.5. The molecule has 0 saturated carbocycles. The number of aromatic nitrogens is 1. The largest absolute Gasteiger partial charge is 0.495 e. The van der Waals surface area contributed by atoms with Gasteiger partial charge in [0.2, 0.25) is 10.0 Å². The summed E-state index contributed by atoms with van der Waals surface area (Å²) in [7, 11) is -0.477. The molecule has 0 aliphatic carbocycles. The lowest BCUT2D eigenvalue weighted by Crippen LogP contribution is -2.43. The van der Waals surface area contributed by atoms with Gasteiger partial charge in [-0.05, 0) is 61.2 Å². The molecule has 1 amide bonds. The zero-order chi connectivity index (χ0) is 28.3. The van der Waals surface area contributed by atoms with Crippen molar-refractivity contribution in [2.45, 2.75) is 50.1 Å². The van der Waals surface area contributed by atoms with Crippen LogP contribution in [0.15, 0.2) is 71.6 Å². The molecular weight excluding hydrogens is 546 g/mol. The van der Waals surface area contributed by atoms with Gasteiger partial charge in [0.25, 0.3) is 5.91 Å². The van der Waals surface area contributed by atoms with Crippen molar-refractivity contribution in [2.75, 3.05) is 25.7 Å². The average Bonchev–Trinajstić information content (AvgIpc) is 3.45. The fraction of sp³-hybridized carbons (Fsp3) is 0.333. The number of rotatable bonds is 9. The molecule has 2 heterocycles. The fourth-order valence-corrected chi connectivity index (χ4v) is 7.98. The number of fused-ring (bicyclic) bond motifs is 1. The molecule has 8 nitrogen and oxygen atoms in total. The predicted molar refractivity (Wildman–Crippen MR) is 158 cm³/mol. The second-order valence-electron chi connectivity index (χ2n) is 9.72. The first-order valence-electron chi connectivity index (χ1n) is 13.4. The molecule has 1 aliphatic rings. The van der Waals surface area contributed by atoms with Crippen LogP contribution in [0.5, 0.6) is 11.5 Å². The van der Waals surface area contributed by atoms with Crippen LogP contribution in [-0.2, 0) is 16.6 Å². The summed E-state index contributed by atoms with van der Waals surface area (Å²) < 4.78 is 40.4. The van der Waals surface area contributed by atoms with Crippen molar-refractivity contribution in [1.82, 2.24) is 9.29 Å². The summed E-state index contributed by atoms with van der Waals surface area (Å²) in [5.41, 5.74) is 1.92. The highest BCUT2D eigenvalue weighted by Gasteiger charge is 2.33. The van der Waals surface area contributed by atoms with E-state index in [1.54, 1.807) is 41.6 Å². The van der Waals surface area contributed by atoms with Gasteiger partial charge in [-0.15, -0.1) is 0 Å². The van der Waals surface area contributed by atoms with Gasteiger partial charge in [0.15, 0.2) is 5.13 Å². The number of piperidine rings is 1. The first kappa shape index (κ1) is 28.1. The number of ether oxygens (including phenoxy) is 2. The van der Waals surface area contributed by atoms with Crippen LogP contribution in [0, 0.1) is 0 Å². The molecular formula is C30H33N3O5S2. The standard InChI is InChI=1S/C30H33N3O5S2/c1-4-23-12-8-9-19-33(23)40(35,36)24-15-13-22(14-16-24)29(34)32(20-21-10-6-5-7-11-21)30-31-27-25(37-2)17-18-26(38-3)28(27)39-30/h5-7,10-11,13-18,23H,4,8-9,12,19-20H2,1-3H3. The SMILES string of the molecule is CCC1CCCCN1S(=O)(=O)c1ccc(C(=O)N(Cc2ccccc2)c2nc3c(OC)ccc(OC)c3s2)cc1. The van der Waals surface area contributed by atoms with E-state index in [4.69, 9.17) is 14.5 Å². The number of sulfonamides is 1. The van der Waals surface area contributed by atoms with E-state index >= 15 is 0 Å². The lowest BCUT2D eigenvalue weighted by molar-refractivity contribution is 0.0985. The molecule has 1 atom stereocenters. The first-order chi connectivity index (χ1) is 19.4. The van der Waals surface area contributed by atoms with E-state index in [0.29, 0.717) is 34.3 Å². The van der Waals surface area contributed by atoms with Gasteiger partial charge in [0.1, 0.15) is 21.7 Å². The summed E-state index contributed by atoms with van der Waals surface area (Å²) in [6.45, 7) is 2.84. The molecule has 4 aromatic rings. The van der Waals surface area contributed by atoms with Crippen LogP contribution in [0.1, 0.15) is 48.5 Å². The maximum atomic E-state index is 14.0. The second-order valence-corrected chi connectivity index (χ2v) is 12.6. The summed E-state index contributed by atoms with van der Waals surface area (Å²) in [5.74, 6) is 0.946. The topological polar surface area (TPSA) is 89.0 Å². The molecule has 0 N–H and O–H groups in total. The Morgan fingerprint density at radius 2 is 1.70 bits per heavy atom. The summed E-state index contributed by atoms with van der Waals surface area (Å²) >= 11 is 1.34. The normalized spacial score (nSPS) is 16.1. The Morgan fingerprint density at radius 1 is 1.00 bits per heavy atom. The van der Waals surface area contributed by atoms with Crippen LogP contribution in [0.3, 0.4) is 0 Å². The van der Waals surface area contributed by atoms with Crippen molar-refractivity contribution in [3.63, 3.8) is 0 Å². The van der Waals surface area contributed by atoms with Crippen molar-refractivity contribution >= 4 is 42.6 Å². The molecule has 1 unspecified atom stereocenters. The number of hydrogen-bond acceptors (Lipinski definition) is 7. The summed E-state index contributed by atoms with van der Waals surface area (Å²) in [4.78, 5) is 20.6. The van der Waals surface area contributed by atoms with Crippen LogP contribution < -0.4 is 14.4 Å². The van der Waals surface area contributed by atoms with Gasteiger partial charge in [-0.3, -0.25) is 9.69 Å². The van der Waals surface area contributed by atoms with Crippen molar-refractivity contribution in [3.8, 4) is 11.5 Å². The minimum absolute atomic E-state index is 0.00874. The number of benzene rings is 3. The van der Waals surface area contributed by atoms with Gasteiger partial charge in [-0.1, -0.05) is 55.0 Å². The molecule has 1 fully saturated rings. The molecule has 3 aromatic carbocycles. The van der Waals surface area contributed by atoms with Crippen molar-refractivity contribution in [1.29, 1.82) is 0 Å². The number of anilines is 1. The third kappa shape index (κ3) is 5.43. The number of carbonyl (C=O) groups is 1. The van der Waals surface area contributed by atoms with Gasteiger partial charge in [-0.2, -0.15) is 4.31 Å². The Hall–Kier alpha value is -3.47. The zero-order valence-electron chi connectivity index (χ0n) is 22.9. The Kier molecular flexibility index (Phi) is 8.39. The van der Waals surface area contributed by atoms with E-state index in [9.17, 15) is 13.2 Å². The van der Waals surface area contributed by atoms with Crippen LogP contribution in [0.25, 0.3) is 10.2 Å². The molecule has 1 aromatic heterocycles. The lowest BCUT2D eigenvalue weighted by atomic mass is 10.0. The van der Waals surface area contributed by atoms with Gasteiger partial charge >= 0.3 is 0 Å². The number of thiazole rings is 1. The zero-order valence-corrected chi connectivity index (χ0v) is 24.5. The van der Waals surface area contributed by atoms with Gasteiger partial charge in [0.05, 0.1) is 25.7 Å². The predicted octanol–water partition coefficient (Wildman–Crippen LogP) is 6.11. The van der Waals surface area contributed by atoms with E-state index in [-0.39, 0.29) is 23.4 Å². The number of amides is 1. The fourth-order valence-electron chi connectivity index (χ4n) is 5.14. The minimum atomic E-state index is -3.65. The molecule has 1 saturated heterocycles. The van der Waals surface area contributed by atoms with Crippen molar-refractivity contribution < 1.29 is 22.7 Å². The Bertz CT molecular complexity index is 1550. The van der Waals surface area contributed by atoms with Crippen LogP contribution in [0.4, 0.5) is 5.13 Å². The molecule has 40 heavy (non-hydrogen) atoms. The smallest absolute Gasteiger partial charge is 0.260 e. The summed E-state index contributed by atoms with van der Waals surface area (Å²) in [6.07, 6.45) is 3.55. The highest BCUT2D eigenvalue weighted by atomic mass is 32.2. The number of methoxy groups -OCH3 is 2. The third-order valence-electron chi connectivity index (χ3n) is 7.31. The van der Waals surface area contributed by atoms with E-state index in [2.05, 4.69) is 0 Å². The highest BCUT2D eigenvalue weighted by Crippen LogP contribution is 2.41. The number of nitrogens with zero attached hydrogens (tertiary/aromatic N) is 3. The highest BCUT2D eigenvalue weighted by molar-refractivity contribution is 7.89. The maximum Gasteiger partial charge on any atom is 0.260 e. The van der Waals surface area contributed by atoms with Crippen molar-refractivity contribution in [2.24, 2.45) is 0 Å². The monoisotopic (exact) mass is 579 g/mol. The quantitative estimate of drug-likeness (QED) is 0.238. The van der Waals surface area contributed by atoms with E-state index in [1.807, 2.05) is 43.3 Å². The van der Waals surface area contributed by atoms with Gasteiger partial charge in [0, 0.05) is 18.2 Å². The lowest BCUT2D eigenvalue weighted by Gasteiger charge is -2.34. The molecule has 10 heteroatoms. The van der Waals surface area contributed by atoms with Crippen molar-refractivity contribution in [3.05, 3.63) is 77.9 Å².